The number of benzene rings is 1. The van der Waals surface area contributed by atoms with E-state index >= 15 is 0 Å². The highest BCUT2D eigenvalue weighted by Gasteiger charge is 2.28. The van der Waals surface area contributed by atoms with Crippen molar-refractivity contribution in [1.82, 2.24) is 4.72 Å². The Morgan fingerprint density at radius 2 is 2.04 bits per heavy atom. The Morgan fingerprint density at radius 1 is 1.38 bits per heavy atom. The fourth-order valence-electron chi connectivity index (χ4n) is 3.08. The van der Waals surface area contributed by atoms with E-state index in [9.17, 15) is 13.2 Å². The zero-order valence-electron chi connectivity index (χ0n) is 13.6. The van der Waals surface area contributed by atoms with Crippen LogP contribution in [0.5, 0.6) is 0 Å². The van der Waals surface area contributed by atoms with Crippen LogP contribution in [0, 0.1) is 5.92 Å². The van der Waals surface area contributed by atoms with Gasteiger partial charge in [0.2, 0.25) is 10.0 Å². The van der Waals surface area contributed by atoms with Crippen LogP contribution in [-0.2, 0) is 14.8 Å². The minimum atomic E-state index is -3.76. The second-order valence-corrected chi connectivity index (χ2v) is 8.12. The number of nitrogens with two attached hydrogens (primary N) is 1. The largest absolute Gasteiger partial charge is 0.465 e. The van der Waals surface area contributed by atoms with Gasteiger partial charge in [-0.15, -0.1) is 0 Å². The number of halogens is 1. The molecule has 0 bridgehead atoms. The van der Waals surface area contributed by atoms with E-state index in [1.54, 1.807) is 0 Å². The lowest BCUT2D eigenvalue weighted by Crippen LogP contribution is -2.45. The Labute approximate surface area is 147 Å². The van der Waals surface area contributed by atoms with Gasteiger partial charge in [0.05, 0.1) is 22.6 Å². The fraction of sp³-hybridized carbons (Fsp3) is 0.562. The highest BCUT2D eigenvalue weighted by molar-refractivity contribution is 7.89. The molecule has 1 aliphatic rings. The molecule has 6 nitrogen and oxygen atoms in total. The molecule has 0 saturated heterocycles. The topological polar surface area (TPSA) is 98.5 Å². The second kappa shape index (κ2) is 8.29. The van der Waals surface area contributed by atoms with Crippen molar-refractivity contribution < 1.29 is 17.9 Å². The maximum Gasteiger partial charge on any atom is 0.339 e. The Morgan fingerprint density at radius 3 is 2.58 bits per heavy atom. The summed E-state index contributed by atoms with van der Waals surface area (Å²) in [6.07, 6.45) is 5.34. The van der Waals surface area contributed by atoms with E-state index in [0.29, 0.717) is 0 Å². The number of carbonyl (C=O) groups excluding carboxylic acids is 1. The number of nitrogens with one attached hydrogen (secondary N) is 1. The average molecular weight is 375 g/mol. The first-order chi connectivity index (χ1) is 11.4. The molecule has 1 aromatic rings. The number of rotatable bonds is 6. The molecule has 0 heterocycles. The molecule has 1 unspecified atom stereocenters. The van der Waals surface area contributed by atoms with Crippen molar-refractivity contribution in [3.63, 3.8) is 0 Å². The predicted octanol–water partition coefficient (Wildman–Crippen LogP) is 2.31. The van der Waals surface area contributed by atoms with E-state index in [-0.39, 0.29) is 34.0 Å². The van der Waals surface area contributed by atoms with Gasteiger partial charge in [-0.25, -0.2) is 17.9 Å². The Bertz CT molecular complexity index is 687. The van der Waals surface area contributed by atoms with Crippen LogP contribution in [0.4, 0.5) is 0 Å². The lowest BCUT2D eigenvalue weighted by atomic mass is 9.84. The van der Waals surface area contributed by atoms with Gasteiger partial charge in [-0.3, -0.25) is 0 Å². The van der Waals surface area contributed by atoms with Crippen LogP contribution in [-0.4, -0.2) is 34.1 Å². The Kier molecular flexibility index (Phi) is 6.62. The second-order valence-electron chi connectivity index (χ2n) is 5.99. The lowest BCUT2D eigenvalue weighted by molar-refractivity contribution is 0.0601. The van der Waals surface area contributed by atoms with Gasteiger partial charge in [-0.05, 0) is 37.0 Å². The van der Waals surface area contributed by atoms with Gasteiger partial charge in [-0.2, -0.15) is 0 Å². The molecule has 0 spiro atoms. The summed E-state index contributed by atoms with van der Waals surface area (Å²) in [5, 5.41) is 0.0340. The molecule has 1 aromatic carbocycles. The third kappa shape index (κ3) is 4.47. The molecule has 1 atom stereocenters. The number of sulfonamides is 1. The molecule has 0 aliphatic heterocycles. The van der Waals surface area contributed by atoms with E-state index < -0.39 is 16.0 Å². The number of carbonyl (C=O) groups is 1. The number of esters is 1. The van der Waals surface area contributed by atoms with Crippen molar-refractivity contribution in [2.24, 2.45) is 11.7 Å². The molecule has 1 saturated carbocycles. The van der Waals surface area contributed by atoms with E-state index in [1.165, 1.54) is 31.7 Å². The van der Waals surface area contributed by atoms with Gasteiger partial charge in [0.25, 0.3) is 0 Å². The number of ether oxygens (including phenoxy) is 1. The molecule has 0 aromatic heterocycles. The normalized spacial score (nSPS) is 17.5. The molecule has 8 heteroatoms. The summed E-state index contributed by atoms with van der Waals surface area (Å²) < 4.78 is 32.5. The summed E-state index contributed by atoms with van der Waals surface area (Å²) >= 11 is 6.01. The molecule has 1 aliphatic carbocycles. The smallest absolute Gasteiger partial charge is 0.339 e. The van der Waals surface area contributed by atoms with Crippen LogP contribution < -0.4 is 10.5 Å². The van der Waals surface area contributed by atoms with Crippen molar-refractivity contribution in [1.29, 1.82) is 0 Å². The van der Waals surface area contributed by atoms with Gasteiger partial charge >= 0.3 is 5.97 Å². The first kappa shape index (κ1) is 19.2. The Hall–Kier alpha value is -1.15. The zero-order valence-corrected chi connectivity index (χ0v) is 15.2. The molecule has 0 amide bonds. The summed E-state index contributed by atoms with van der Waals surface area (Å²) in [6, 6.07) is 3.65. The van der Waals surface area contributed by atoms with Crippen LogP contribution in [0.2, 0.25) is 5.02 Å². The molecule has 3 N–H and O–H groups in total. The van der Waals surface area contributed by atoms with Gasteiger partial charge in [0.15, 0.2) is 0 Å². The van der Waals surface area contributed by atoms with E-state index in [4.69, 9.17) is 17.3 Å². The number of hydrogen-bond donors (Lipinski definition) is 2. The number of methoxy groups -OCH3 is 1. The lowest BCUT2D eigenvalue weighted by Gasteiger charge is -2.29. The molecular weight excluding hydrogens is 352 g/mol. The van der Waals surface area contributed by atoms with E-state index in [2.05, 4.69) is 9.46 Å². The van der Waals surface area contributed by atoms with Gasteiger partial charge in [0.1, 0.15) is 0 Å². The van der Waals surface area contributed by atoms with Crippen molar-refractivity contribution in [3.05, 3.63) is 28.8 Å². The van der Waals surface area contributed by atoms with Crippen LogP contribution in [0.1, 0.15) is 42.5 Å². The molecule has 134 valence electrons. The monoisotopic (exact) mass is 374 g/mol. The third-order valence-corrected chi connectivity index (χ3v) is 6.24. The van der Waals surface area contributed by atoms with Crippen LogP contribution in [0.3, 0.4) is 0 Å². The highest BCUT2D eigenvalue weighted by atomic mass is 35.5. The van der Waals surface area contributed by atoms with Gasteiger partial charge in [-0.1, -0.05) is 30.9 Å². The van der Waals surface area contributed by atoms with E-state index in [1.807, 2.05) is 0 Å². The zero-order chi connectivity index (χ0) is 17.7. The van der Waals surface area contributed by atoms with Gasteiger partial charge < -0.3 is 10.5 Å². The summed E-state index contributed by atoms with van der Waals surface area (Å²) in [5.41, 5.74) is 5.91. The van der Waals surface area contributed by atoms with Crippen molar-refractivity contribution in [3.8, 4) is 0 Å². The average Bonchev–Trinajstić information content (AvgIpc) is 2.59. The maximum absolute atomic E-state index is 12.6. The first-order valence-electron chi connectivity index (χ1n) is 7.99. The summed E-state index contributed by atoms with van der Waals surface area (Å²) in [6.45, 7) is 0.248. The van der Waals surface area contributed by atoms with Crippen molar-refractivity contribution >= 4 is 27.6 Å². The molecule has 1 fully saturated rings. The van der Waals surface area contributed by atoms with Crippen molar-refractivity contribution in [2.75, 3.05) is 13.7 Å². The predicted molar refractivity (Wildman–Crippen MR) is 92.5 cm³/mol. The van der Waals surface area contributed by atoms with E-state index in [0.717, 1.165) is 25.7 Å². The highest BCUT2D eigenvalue weighted by Crippen LogP contribution is 2.28. The first-order valence-corrected chi connectivity index (χ1v) is 9.85. The SMILES string of the molecule is COC(=O)c1ccc(S(=O)(=O)NC(CN)C2CCCCC2)cc1Cl. The quantitative estimate of drug-likeness (QED) is 0.744. The Balaban J connectivity index is 2.19. The third-order valence-electron chi connectivity index (χ3n) is 4.44. The van der Waals surface area contributed by atoms with Crippen molar-refractivity contribution in [2.45, 2.75) is 43.0 Å². The standard InChI is InChI=1S/C16H23ClN2O4S/c1-23-16(20)13-8-7-12(9-14(13)17)24(21,22)19-15(10-18)11-5-3-2-4-6-11/h7-9,11,15,19H,2-6,10,18H2,1H3. The van der Waals surface area contributed by atoms with Gasteiger partial charge in [0, 0.05) is 12.6 Å². The summed E-state index contributed by atoms with van der Waals surface area (Å²) in [5.74, 6) is -0.359. The molecule has 0 radical (unpaired) electrons. The van der Waals surface area contributed by atoms with Crippen LogP contribution in [0.15, 0.2) is 23.1 Å². The summed E-state index contributed by atoms with van der Waals surface area (Å²) in [4.78, 5) is 11.5. The minimum Gasteiger partial charge on any atom is -0.465 e. The van der Waals surface area contributed by atoms with Crippen LogP contribution >= 0.6 is 11.6 Å². The maximum atomic E-state index is 12.6. The fourth-order valence-corrected chi connectivity index (χ4v) is 4.75. The minimum absolute atomic E-state index is 0.00872. The molecule has 24 heavy (non-hydrogen) atoms. The molecule has 2 rings (SSSR count). The number of hydrogen-bond acceptors (Lipinski definition) is 5. The van der Waals surface area contributed by atoms with Crippen LogP contribution in [0.25, 0.3) is 0 Å². The molecular formula is C16H23ClN2O4S. The summed E-state index contributed by atoms with van der Waals surface area (Å²) in [7, 11) is -2.52.